The van der Waals surface area contributed by atoms with Crippen LogP contribution in [0.3, 0.4) is 0 Å². The van der Waals surface area contributed by atoms with E-state index in [0.717, 1.165) is 44.7 Å². The summed E-state index contributed by atoms with van der Waals surface area (Å²) in [4.78, 5) is 22.5. The Kier molecular flexibility index (Phi) is 5.03. The number of aromatic nitrogens is 2. The lowest BCUT2D eigenvalue weighted by Crippen LogP contribution is -2.28. The van der Waals surface area contributed by atoms with Gasteiger partial charge in [-0.2, -0.15) is 0 Å². The largest absolute Gasteiger partial charge is 0.370 e. The first-order valence-electron chi connectivity index (χ1n) is 8.36. The Balaban J connectivity index is 1.54. The van der Waals surface area contributed by atoms with Crippen LogP contribution in [-0.4, -0.2) is 40.4 Å². The predicted molar refractivity (Wildman–Crippen MR) is 86.8 cm³/mol. The normalized spacial score (nSPS) is 18.2. The Bertz CT molecular complexity index is 549. The van der Waals surface area contributed by atoms with Crippen molar-refractivity contribution in [1.29, 1.82) is 0 Å². The number of likely N-dealkylation sites (tertiary alicyclic amines) is 1. The molecule has 1 aromatic heterocycles. The number of rotatable bonds is 5. The molecule has 1 amide bonds. The maximum Gasteiger partial charge on any atom is 0.272 e. The summed E-state index contributed by atoms with van der Waals surface area (Å²) in [5.74, 6) is 0.770. The molecule has 22 heavy (non-hydrogen) atoms. The van der Waals surface area contributed by atoms with Crippen molar-refractivity contribution in [2.45, 2.75) is 44.9 Å². The number of amides is 1. The lowest BCUT2D eigenvalue weighted by Gasteiger charge is -2.15. The van der Waals surface area contributed by atoms with Gasteiger partial charge in [0.1, 0.15) is 17.8 Å². The molecule has 0 unspecified atom stereocenters. The number of nitrogens with zero attached hydrogens (tertiary/aromatic N) is 3. The molecule has 0 saturated carbocycles. The molecule has 0 radical (unpaired) electrons. The molecule has 0 aromatic carbocycles. The second-order valence-electron chi connectivity index (χ2n) is 6.07. The molecular formula is C17H24N4O. The highest BCUT2D eigenvalue weighted by Gasteiger charge is 2.20. The minimum Gasteiger partial charge on any atom is -0.370 e. The maximum absolute atomic E-state index is 12.3. The average molecular weight is 300 g/mol. The maximum atomic E-state index is 12.3. The fourth-order valence-corrected chi connectivity index (χ4v) is 3.14. The summed E-state index contributed by atoms with van der Waals surface area (Å²) in [6.07, 6.45) is 12.2. The van der Waals surface area contributed by atoms with Crippen molar-refractivity contribution < 1.29 is 4.79 Å². The van der Waals surface area contributed by atoms with Crippen LogP contribution in [0.5, 0.6) is 0 Å². The summed E-state index contributed by atoms with van der Waals surface area (Å²) in [5.41, 5.74) is 2.04. The lowest BCUT2D eigenvalue weighted by molar-refractivity contribution is 0.0787. The van der Waals surface area contributed by atoms with E-state index in [1.807, 2.05) is 4.90 Å². The van der Waals surface area contributed by atoms with Crippen LogP contribution in [0.4, 0.5) is 5.82 Å². The van der Waals surface area contributed by atoms with Crippen molar-refractivity contribution in [1.82, 2.24) is 14.9 Å². The predicted octanol–water partition coefficient (Wildman–Crippen LogP) is 3.02. The molecule has 1 aromatic rings. The Morgan fingerprint density at radius 1 is 1.18 bits per heavy atom. The van der Waals surface area contributed by atoms with E-state index in [2.05, 4.69) is 21.4 Å². The van der Waals surface area contributed by atoms with Crippen molar-refractivity contribution in [2.75, 3.05) is 25.0 Å². The van der Waals surface area contributed by atoms with E-state index in [-0.39, 0.29) is 5.91 Å². The molecule has 118 valence electrons. The third-order valence-corrected chi connectivity index (χ3v) is 4.42. The summed E-state index contributed by atoms with van der Waals surface area (Å²) in [6.45, 7) is 2.56. The van der Waals surface area contributed by atoms with Gasteiger partial charge < -0.3 is 10.2 Å². The van der Waals surface area contributed by atoms with Crippen LogP contribution in [0, 0.1) is 0 Å². The second kappa shape index (κ2) is 7.38. The van der Waals surface area contributed by atoms with E-state index in [1.54, 1.807) is 11.6 Å². The number of carbonyl (C=O) groups is 1. The summed E-state index contributed by atoms with van der Waals surface area (Å²) in [6, 6.07) is 1.77. The van der Waals surface area contributed by atoms with E-state index in [1.165, 1.54) is 32.0 Å². The molecular weight excluding hydrogens is 276 g/mol. The van der Waals surface area contributed by atoms with E-state index in [9.17, 15) is 4.79 Å². The topological polar surface area (TPSA) is 58.1 Å². The van der Waals surface area contributed by atoms with Gasteiger partial charge in [-0.1, -0.05) is 11.6 Å². The molecule has 1 aliphatic carbocycles. The third-order valence-electron chi connectivity index (χ3n) is 4.42. The van der Waals surface area contributed by atoms with Crippen molar-refractivity contribution in [3.8, 4) is 0 Å². The van der Waals surface area contributed by atoms with Crippen LogP contribution in [0.15, 0.2) is 24.0 Å². The van der Waals surface area contributed by atoms with E-state index < -0.39 is 0 Å². The molecule has 1 fully saturated rings. The molecule has 0 spiro atoms. The van der Waals surface area contributed by atoms with Crippen LogP contribution in [0.1, 0.15) is 55.4 Å². The molecule has 2 heterocycles. The number of allylic oxidation sites excluding steroid dienone is 1. The summed E-state index contributed by atoms with van der Waals surface area (Å²) >= 11 is 0. The van der Waals surface area contributed by atoms with Gasteiger partial charge in [0, 0.05) is 25.7 Å². The molecule has 0 atom stereocenters. The summed E-state index contributed by atoms with van der Waals surface area (Å²) in [5, 5.41) is 3.32. The first kappa shape index (κ1) is 15.0. The van der Waals surface area contributed by atoms with Crippen molar-refractivity contribution in [2.24, 2.45) is 0 Å². The number of hydrogen-bond acceptors (Lipinski definition) is 4. The van der Waals surface area contributed by atoms with Crippen molar-refractivity contribution in [3.05, 3.63) is 29.7 Å². The number of nitrogens with one attached hydrogen (secondary N) is 1. The van der Waals surface area contributed by atoms with Crippen LogP contribution in [0.2, 0.25) is 0 Å². The zero-order valence-corrected chi connectivity index (χ0v) is 13.1. The Labute approximate surface area is 131 Å². The number of hydrogen-bond donors (Lipinski definition) is 1. The second-order valence-corrected chi connectivity index (χ2v) is 6.07. The van der Waals surface area contributed by atoms with Gasteiger partial charge in [0.15, 0.2) is 0 Å². The molecule has 1 aliphatic heterocycles. The molecule has 5 heteroatoms. The van der Waals surface area contributed by atoms with Crippen LogP contribution in [0.25, 0.3) is 0 Å². The highest BCUT2D eigenvalue weighted by molar-refractivity contribution is 5.93. The SMILES string of the molecule is O=C(c1cc(NCCC2=CCCCC2)ncn1)N1CCCC1. The molecule has 0 bridgehead atoms. The Morgan fingerprint density at radius 2 is 2.05 bits per heavy atom. The monoisotopic (exact) mass is 300 g/mol. The lowest BCUT2D eigenvalue weighted by atomic mass is 9.97. The van der Waals surface area contributed by atoms with Gasteiger partial charge in [-0.25, -0.2) is 9.97 Å². The van der Waals surface area contributed by atoms with Gasteiger partial charge in [0.2, 0.25) is 0 Å². The number of carbonyl (C=O) groups excluding carboxylic acids is 1. The zero-order valence-electron chi connectivity index (χ0n) is 13.1. The van der Waals surface area contributed by atoms with Crippen LogP contribution in [-0.2, 0) is 0 Å². The standard InChI is InChI=1S/C17H24N4O/c22-17(21-10-4-5-11-21)15-12-16(20-13-19-15)18-9-8-14-6-2-1-3-7-14/h6,12-13H,1-5,7-11H2,(H,18,19,20). The summed E-state index contributed by atoms with van der Waals surface area (Å²) in [7, 11) is 0. The molecule has 1 saturated heterocycles. The Hall–Kier alpha value is -1.91. The van der Waals surface area contributed by atoms with Gasteiger partial charge in [-0.3, -0.25) is 4.79 Å². The van der Waals surface area contributed by atoms with E-state index >= 15 is 0 Å². The van der Waals surface area contributed by atoms with Gasteiger partial charge in [-0.15, -0.1) is 0 Å². The van der Waals surface area contributed by atoms with Gasteiger partial charge >= 0.3 is 0 Å². The smallest absolute Gasteiger partial charge is 0.272 e. The van der Waals surface area contributed by atoms with Crippen LogP contribution >= 0.6 is 0 Å². The quantitative estimate of drug-likeness (QED) is 0.849. The summed E-state index contributed by atoms with van der Waals surface area (Å²) < 4.78 is 0. The van der Waals surface area contributed by atoms with Gasteiger partial charge in [0.25, 0.3) is 5.91 Å². The first-order chi connectivity index (χ1) is 10.8. The highest BCUT2D eigenvalue weighted by atomic mass is 16.2. The van der Waals surface area contributed by atoms with Crippen molar-refractivity contribution in [3.63, 3.8) is 0 Å². The van der Waals surface area contributed by atoms with Gasteiger partial charge in [0.05, 0.1) is 0 Å². The highest BCUT2D eigenvalue weighted by Crippen LogP contribution is 2.20. The fraction of sp³-hybridized carbons (Fsp3) is 0.588. The average Bonchev–Trinajstić information content (AvgIpc) is 3.10. The Morgan fingerprint density at radius 3 is 2.82 bits per heavy atom. The molecule has 1 N–H and O–H groups in total. The minimum atomic E-state index is 0.0259. The minimum absolute atomic E-state index is 0.0259. The van der Waals surface area contributed by atoms with Gasteiger partial charge in [-0.05, 0) is 44.9 Å². The third kappa shape index (κ3) is 3.84. The molecule has 2 aliphatic rings. The number of anilines is 1. The molecule has 3 rings (SSSR count). The fourth-order valence-electron chi connectivity index (χ4n) is 3.14. The van der Waals surface area contributed by atoms with Crippen LogP contribution < -0.4 is 5.32 Å². The first-order valence-corrected chi connectivity index (χ1v) is 8.36. The van der Waals surface area contributed by atoms with E-state index in [4.69, 9.17) is 0 Å². The zero-order chi connectivity index (χ0) is 15.2. The van der Waals surface area contributed by atoms with E-state index in [0.29, 0.717) is 5.69 Å². The van der Waals surface area contributed by atoms with Crippen molar-refractivity contribution >= 4 is 11.7 Å². The molecule has 5 nitrogen and oxygen atoms in total.